The Kier molecular flexibility index (Phi) is 4.22. The first kappa shape index (κ1) is 13.9. The van der Waals surface area contributed by atoms with Crippen molar-refractivity contribution < 1.29 is 9.59 Å². The third-order valence-electron chi connectivity index (χ3n) is 2.50. The summed E-state index contributed by atoms with van der Waals surface area (Å²) in [6.45, 7) is 0. The molecule has 0 heterocycles. The summed E-state index contributed by atoms with van der Waals surface area (Å²) < 4.78 is 0. The summed E-state index contributed by atoms with van der Waals surface area (Å²) in [6, 6.07) is 13.3. The third kappa shape index (κ3) is 3.49. The number of benzene rings is 2. The van der Waals surface area contributed by atoms with Crippen LogP contribution in [0.4, 0.5) is 17.1 Å². The molecule has 0 aromatic heterocycles. The Bertz CT molecular complexity index is 644. The fourth-order valence-electron chi connectivity index (χ4n) is 1.50. The highest BCUT2D eigenvalue weighted by molar-refractivity contribution is 6.43. The molecule has 2 aromatic carbocycles. The lowest BCUT2D eigenvalue weighted by Crippen LogP contribution is -2.29. The molecule has 0 radical (unpaired) electrons. The molecule has 2 aromatic rings. The van der Waals surface area contributed by atoms with E-state index >= 15 is 0 Å². The van der Waals surface area contributed by atoms with E-state index in [1.54, 1.807) is 36.4 Å². The molecule has 6 heteroatoms. The van der Waals surface area contributed by atoms with Crippen LogP contribution in [0.2, 0.25) is 5.02 Å². The molecule has 0 spiro atoms. The number of hydrogen-bond donors (Lipinski definition) is 3. The van der Waals surface area contributed by atoms with Crippen LogP contribution < -0.4 is 16.4 Å². The maximum absolute atomic E-state index is 11.7. The molecule has 0 bridgehead atoms. The fraction of sp³-hybridized carbons (Fsp3) is 0. The van der Waals surface area contributed by atoms with Gasteiger partial charge in [-0.2, -0.15) is 0 Å². The minimum absolute atomic E-state index is 0.311. The van der Waals surface area contributed by atoms with E-state index in [-0.39, 0.29) is 0 Å². The SMILES string of the molecule is Nc1ccc(NC(=O)C(=O)Nc2ccccc2)cc1Cl. The molecule has 20 heavy (non-hydrogen) atoms. The van der Waals surface area contributed by atoms with Crippen LogP contribution in [-0.4, -0.2) is 11.8 Å². The molecule has 0 atom stereocenters. The summed E-state index contributed by atoms with van der Waals surface area (Å²) in [6.07, 6.45) is 0. The number of para-hydroxylation sites is 1. The van der Waals surface area contributed by atoms with Crippen molar-refractivity contribution in [3.63, 3.8) is 0 Å². The summed E-state index contributed by atoms with van der Waals surface area (Å²) >= 11 is 5.83. The van der Waals surface area contributed by atoms with E-state index in [1.807, 2.05) is 6.07 Å². The zero-order valence-corrected chi connectivity index (χ0v) is 11.1. The molecule has 0 saturated carbocycles. The number of amides is 2. The molecular formula is C14H12ClN3O2. The fourth-order valence-corrected chi connectivity index (χ4v) is 1.68. The second kappa shape index (κ2) is 6.08. The molecule has 2 amide bonds. The van der Waals surface area contributed by atoms with E-state index in [0.29, 0.717) is 22.1 Å². The van der Waals surface area contributed by atoms with Crippen LogP contribution in [0.25, 0.3) is 0 Å². The number of carbonyl (C=O) groups is 2. The predicted molar refractivity (Wildman–Crippen MR) is 79.6 cm³/mol. The number of rotatable bonds is 2. The highest BCUT2D eigenvalue weighted by Gasteiger charge is 2.14. The summed E-state index contributed by atoms with van der Waals surface area (Å²) in [5.41, 5.74) is 6.90. The van der Waals surface area contributed by atoms with Crippen molar-refractivity contribution in [1.82, 2.24) is 0 Å². The van der Waals surface area contributed by atoms with E-state index in [9.17, 15) is 9.59 Å². The normalized spacial score (nSPS) is 9.85. The van der Waals surface area contributed by atoms with Crippen molar-refractivity contribution in [3.05, 3.63) is 53.6 Å². The van der Waals surface area contributed by atoms with Crippen molar-refractivity contribution >= 4 is 40.5 Å². The van der Waals surface area contributed by atoms with Crippen LogP contribution in [0.1, 0.15) is 0 Å². The van der Waals surface area contributed by atoms with Crippen molar-refractivity contribution in [3.8, 4) is 0 Å². The van der Waals surface area contributed by atoms with Gasteiger partial charge in [0.15, 0.2) is 0 Å². The van der Waals surface area contributed by atoms with E-state index < -0.39 is 11.8 Å². The van der Waals surface area contributed by atoms with Crippen LogP contribution in [0.3, 0.4) is 0 Å². The van der Waals surface area contributed by atoms with Gasteiger partial charge in [0, 0.05) is 11.4 Å². The van der Waals surface area contributed by atoms with E-state index in [4.69, 9.17) is 17.3 Å². The molecular weight excluding hydrogens is 278 g/mol. The topological polar surface area (TPSA) is 84.2 Å². The maximum Gasteiger partial charge on any atom is 0.314 e. The lowest BCUT2D eigenvalue weighted by molar-refractivity contribution is -0.132. The van der Waals surface area contributed by atoms with Gasteiger partial charge in [-0.15, -0.1) is 0 Å². The second-order valence-electron chi connectivity index (χ2n) is 4.01. The Hall–Kier alpha value is -2.53. The highest BCUT2D eigenvalue weighted by atomic mass is 35.5. The van der Waals surface area contributed by atoms with E-state index in [0.717, 1.165) is 0 Å². The van der Waals surface area contributed by atoms with Crippen molar-refractivity contribution in [2.24, 2.45) is 0 Å². The number of nitrogen functional groups attached to an aromatic ring is 1. The summed E-state index contributed by atoms with van der Waals surface area (Å²) in [5.74, 6) is -1.54. The van der Waals surface area contributed by atoms with Gasteiger partial charge in [-0.05, 0) is 30.3 Å². The molecule has 0 saturated heterocycles. The van der Waals surface area contributed by atoms with Crippen LogP contribution >= 0.6 is 11.6 Å². The first-order chi connectivity index (χ1) is 9.56. The van der Waals surface area contributed by atoms with Gasteiger partial charge in [0.1, 0.15) is 0 Å². The van der Waals surface area contributed by atoms with Crippen molar-refractivity contribution in [1.29, 1.82) is 0 Å². The maximum atomic E-state index is 11.7. The molecule has 0 fully saturated rings. The number of hydrogen-bond acceptors (Lipinski definition) is 3. The van der Waals surface area contributed by atoms with Gasteiger partial charge in [-0.3, -0.25) is 9.59 Å². The number of nitrogens with two attached hydrogens (primary N) is 1. The van der Waals surface area contributed by atoms with Gasteiger partial charge in [-0.25, -0.2) is 0 Å². The minimum atomic E-state index is -0.783. The smallest absolute Gasteiger partial charge is 0.314 e. The Balaban J connectivity index is 2.01. The number of anilines is 3. The van der Waals surface area contributed by atoms with Gasteiger partial charge < -0.3 is 16.4 Å². The first-order valence-electron chi connectivity index (χ1n) is 5.78. The standard InChI is InChI=1S/C14H12ClN3O2/c15-11-8-10(6-7-12(11)16)18-14(20)13(19)17-9-4-2-1-3-5-9/h1-8H,16H2,(H,17,19)(H,18,20). The van der Waals surface area contributed by atoms with Gasteiger partial charge in [0.2, 0.25) is 0 Å². The van der Waals surface area contributed by atoms with Gasteiger partial charge in [0.05, 0.1) is 10.7 Å². The third-order valence-corrected chi connectivity index (χ3v) is 2.82. The van der Waals surface area contributed by atoms with Crippen molar-refractivity contribution in [2.75, 3.05) is 16.4 Å². The van der Waals surface area contributed by atoms with Gasteiger partial charge >= 0.3 is 11.8 Å². The van der Waals surface area contributed by atoms with Gasteiger partial charge in [0.25, 0.3) is 0 Å². The van der Waals surface area contributed by atoms with E-state index in [2.05, 4.69) is 10.6 Å². The molecule has 0 aliphatic rings. The Morgan fingerprint density at radius 2 is 1.50 bits per heavy atom. The average molecular weight is 290 g/mol. The predicted octanol–water partition coefficient (Wildman–Crippen LogP) is 2.50. The number of halogens is 1. The van der Waals surface area contributed by atoms with Crippen LogP contribution in [0.5, 0.6) is 0 Å². The molecule has 5 nitrogen and oxygen atoms in total. The lowest BCUT2D eigenvalue weighted by Gasteiger charge is -2.07. The molecule has 2 rings (SSSR count). The van der Waals surface area contributed by atoms with Gasteiger partial charge in [-0.1, -0.05) is 29.8 Å². The number of nitrogens with one attached hydrogen (secondary N) is 2. The average Bonchev–Trinajstić information content (AvgIpc) is 2.44. The molecule has 102 valence electrons. The molecule has 0 unspecified atom stereocenters. The lowest BCUT2D eigenvalue weighted by atomic mass is 10.3. The zero-order chi connectivity index (χ0) is 14.5. The Morgan fingerprint density at radius 1 is 0.900 bits per heavy atom. The first-order valence-corrected chi connectivity index (χ1v) is 6.16. The van der Waals surface area contributed by atoms with E-state index in [1.165, 1.54) is 6.07 Å². The van der Waals surface area contributed by atoms with Crippen molar-refractivity contribution in [2.45, 2.75) is 0 Å². The number of carbonyl (C=O) groups excluding carboxylic acids is 2. The molecule has 0 aliphatic heterocycles. The quantitative estimate of drug-likeness (QED) is 0.586. The summed E-state index contributed by atoms with van der Waals surface area (Å²) in [7, 11) is 0. The van der Waals surface area contributed by atoms with Crippen LogP contribution in [0.15, 0.2) is 48.5 Å². The summed E-state index contributed by atoms with van der Waals surface area (Å²) in [5, 5.41) is 5.23. The molecule has 4 N–H and O–H groups in total. The summed E-state index contributed by atoms with van der Waals surface area (Å²) in [4.78, 5) is 23.4. The molecule has 0 aliphatic carbocycles. The Morgan fingerprint density at radius 3 is 2.10 bits per heavy atom. The van der Waals surface area contributed by atoms with Crippen LogP contribution in [0, 0.1) is 0 Å². The van der Waals surface area contributed by atoms with Crippen LogP contribution in [-0.2, 0) is 9.59 Å². The second-order valence-corrected chi connectivity index (χ2v) is 4.42. The highest BCUT2D eigenvalue weighted by Crippen LogP contribution is 2.22. The largest absolute Gasteiger partial charge is 0.398 e. The zero-order valence-electron chi connectivity index (χ0n) is 10.4. The Labute approximate surface area is 120 Å². The minimum Gasteiger partial charge on any atom is -0.398 e. The monoisotopic (exact) mass is 289 g/mol.